The molecule has 19 heavy (non-hydrogen) atoms. The molecular weight excluding hydrogens is 261 g/mol. The first-order chi connectivity index (χ1) is 8.62. The van der Waals surface area contributed by atoms with E-state index < -0.39 is 29.1 Å². The molecule has 0 spiro atoms. The molecule has 2 heterocycles. The van der Waals surface area contributed by atoms with Crippen molar-refractivity contribution in [3.05, 3.63) is 17.8 Å². The van der Waals surface area contributed by atoms with Crippen LogP contribution in [0, 0.1) is 6.92 Å². The number of aryl methyl sites for hydroxylation is 1. The molecule has 0 saturated carbocycles. The van der Waals surface area contributed by atoms with Crippen LogP contribution in [-0.2, 0) is 20.1 Å². The maximum Gasteiger partial charge on any atom is 0.514 e. The summed E-state index contributed by atoms with van der Waals surface area (Å²) in [6, 6.07) is 3.62. The van der Waals surface area contributed by atoms with Crippen molar-refractivity contribution in [2.24, 2.45) is 0 Å². The van der Waals surface area contributed by atoms with Gasteiger partial charge < -0.3 is 9.31 Å². The van der Waals surface area contributed by atoms with Gasteiger partial charge in [0.2, 0.25) is 0 Å². The SMILES string of the molecule is Cc1cc(S(C)=O)cc(B2OC(C)(C)C(C)(C)O2)n1. The van der Waals surface area contributed by atoms with E-state index in [-0.39, 0.29) is 0 Å². The van der Waals surface area contributed by atoms with Gasteiger partial charge in [-0.05, 0) is 46.8 Å². The lowest BCUT2D eigenvalue weighted by Crippen LogP contribution is -2.41. The second-order valence-electron chi connectivity index (χ2n) is 5.91. The van der Waals surface area contributed by atoms with Crippen molar-refractivity contribution in [2.75, 3.05) is 6.26 Å². The van der Waals surface area contributed by atoms with Gasteiger partial charge in [-0.25, -0.2) is 0 Å². The molecule has 1 aromatic rings. The number of rotatable bonds is 2. The Bertz CT molecular complexity index is 515. The summed E-state index contributed by atoms with van der Waals surface area (Å²) >= 11 is 0. The van der Waals surface area contributed by atoms with Gasteiger partial charge in [0.05, 0.1) is 16.8 Å². The standard InChI is InChI=1S/C13H20BNO3S/c1-9-7-10(19(6)16)8-11(15-9)14-17-12(2,3)13(4,5)18-14/h7-8H,1-6H3. The molecule has 0 aromatic carbocycles. The average molecular weight is 281 g/mol. The Hall–Kier alpha value is -0.715. The fourth-order valence-corrected chi connectivity index (χ4v) is 2.54. The Morgan fingerprint density at radius 2 is 1.68 bits per heavy atom. The topological polar surface area (TPSA) is 48.4 Å². The van der Waals surface area contributed by atoms with Gasteiger partial charge in [0.25, 0.3) is 0 Å². The van der Waals surface area contributed by atoms with E-state index >= 15 is 0 Å². The molecule has 1 saturated heterocycles. The summed E-state index contributed by atoms with van der Waals surface area (Å²) in [7, 11) is -1.55. The van der Waals surface area contributed by atoms with Gasteiger partial charge in [-0.3, -0.25) is 9.19 Å². The van der Waals surface area contributed by atoms with E-state index in [0.717, 1.165) is 10.6 Å². The van der Waals surface area contributed by atoms with Gasteiger partial charge in [0.1, 0.15) is 0 Å². The van der Waals surface area contributed by atoms with Crippen molar-refractivity contribution in [1.29, 1.82) is 0 Å². The molecule has 1 atom stereocenters. The highest BCUT2D eigenvalue weighted by Crippen LogP contribution is 2.36. The maximum atomic E-state index is 11.6. The molecule has 0 N–H and O–H groups in total. The first kappa shape index (κ1) is 14.7. The van der Waals surface area contributed by atoms with Crippen molar-refractivity contribution < 1.29 is 13.5 Å². The molecule has 2 rings (SSSR count). The lowest BCUT2D eigenvalue weighted by molar-refractivity contribution is 0.00578. The molecule has 104 valence electrons. The monoisotopic (exact) mass is 281 g/mol. The van der Waals surface area contributed by atoms with Crippen LogP contribution in [0.25, 0.3) is 0 Å². The lowest BCUT2D eigenvalue weighted by atomic mass is 9.84. The molecule has 1 aromatic heterocycles. The van der Waals surface area contributed by atoms with Crippen LogP contribution in [-0.4, -0.2) is 33.8 Å². The van der Waals surface area contributed by atoms with Gasteiger partial charge in [-0.1, -0.05) is 0 Å². The molecule has 0 amide bonds. The molecule has 1 unspecified atom stereocenters. The van der Waals surface area contributed by atoms with Crippen molar-refractivity contribution in [3.8, 4) is 0 Å². The molecule has 6 heteroatoms. The molecule has 0 aliphatic carbocycles. The number of aromatic nitrogens is 1. The quantitative estimate of drug-likeness (QED) is 0.769. The smallest absolute Gasteiger partial charge is 0.398 e. The zero-order valence-corrected chi connectivity index (χ0v) is 13.1. The minimum atomic E-state index is -1.04. The van der Waals surface area contributed by atoms with Crippen LogP contribution in [0.4, 0.5) is 0 Å². The van der Waals surface area contributed by atoms with Crippen LogP contribution in [0.3, 0.4) is 0 Å². The van der Waals surface area contributed by atoms with E-state index in [2.05, 4.69) is 4.98 Å². The Balaban J connectivity index is 2.37. The van der Waals surface area contributed by atoms with E-state index in [1.807, 2.05) is 40.7 Å². The molecule has 1 fully saturated rings. The van der Waals surface area contributed by atoms with E-state index in [1.165, 1.54) is 0 Å². The van der Waals surface area contributed by atoms with E-state index in [4.69, 9.17) is 9.31 Å². The summed E-state index contributed by atoms with van der Waals surface area (Å²) in [4.78, 5) is 5.19. The zero-order chi connectivity index (χ0) is 14.4. The fraction of sp³-hybridized carbons (Fsp3) is 0.615. The zero-order valence-electron chi connectivity index (χ0n) is 12.3. The van der Waals surface area contributed by atoms with Gasteiger partial charge in [-0.2, -0.15) is 0 Å². The molecule has 1 aliphatic rings. The van der Waals surface area contributed by atoms with Crippen molar-refractivity contribution in [3.63, 3.8) is 0 Å². The molecule has 0 radical (unpaired) electrons. The van der Waals surface area contributed by atoms with Crippen molar-refractivity contribution >= 4 is 23.5 Å². The number of nitrogens with zero attached hydrogens (tertiary/aromatic N) is 1. The van der Waals surface area contributed by atoms with Crippen LogP contribution in [0.1, 0.15) is 33.4 Å². The molecule has 1 aliphatic heterocycles. The first-order valence-electron chi connectivity index (χ1n) is 6.30. The van der Waals surface area contributed by atoms with E-state index in [0.29, 0.717) is 5.59 Å². The molecule has 4 nitrogen and oxygen atoms in total. The van der Waals surface area contributed by atoms with Crippen LogP contribution < -0.4 is 5.59 Å². The summed E-state index contributed by atoms with van der Waals surface area (Å²) in [6.07, 6.45) is 1.66. The first-order valence-corrected chi connectivity index (χ1v) is 7.86. The summed E-state index contributed by atoms with van der Waals surface area (Å²) in [5.74, 6) is 0. The van der Waals surface area contributed by atoms with Crippen molar-refractivity contribution in [2.45, 2.75) is 50.7 Å². The van der Waals surface area contributed by atoms with Gasteiger partial charge in [0, 0.05) is 27.6 Å². The van der Waals surface area contributed by atoms with Gasteiger partial charge in [-0.15, -0.1) is 0 Å². The highest BCUT2D eigenvalue weighted by atomic mass is 32.2. The highest BCUT2D eigenvalue weighted by Gasteiger charge is 2.52. The minimum absolute atomic E-state index is 0.394. The van der Waals surface area contributed by atoms with Crippen LogP contribution >= 0.6 is 0 Å². The number of hydrogen-bond donors (Lipinski definition) is 0. The normalized spacial score (nSPS) is 22.5. The van der Waals surface area contributed by atoms with Gasteiger partial charge in [0.15, 0.2) is 0 Å². The maximum absolute atomic E-state index is 11.6. The molecular formula is C13H20BNO3S. The predicted octanol–water partition coefficient (Wildman–Crippen LogP) is 1.43. The van der Waals surface area contributed by atoms with E-state index in [9.17, 15) is 4.21 Å². The third kappa shape index (κ3) is 2.76. The Kier molecular flexibility index (Phi) is 3.62. The van der Waals surface area contributed by atoms with Crippen LogP contribution in [0.2, 0.25) is 0 Å². The van der Waals surface area contributed by atoms with Crippen LogP contribution in [0.5, 0.6) is 0 Å². The minimum Gasteiger partial charge on any atom is -0.398 e. The van der Waals surface area contributed by atoms with Crippen molar-refractivity contribution in [1.82, 2.24) is 4.98 Å². The fourth-order valence-electron chi connectivity index (χ4n) is 1.91. The largest absolute Gasteiger partial charge is 0.514 e. The van der Waals surface area contributed by atoms with Crippen LogP contribution in [0.15, 0.2) is 17.0 Å². The second-order valence-corrected chi connectivity index (χ2v) is 7.29. The molecule has 0 bridgehead atoms. The average Bonchev–Trinajstić information content (AvgIpc) is 2.47. The summed E-state index contributed by atoms with van der Waals surface area (Å²) in [5, 5.41) is 0. The van der Waals surface area contributed by atoms with Gasteiger partial charge >= 0.3 is 7.12 Å². The third-order valence-electron chi connectivity index (χ3n) is 3.77. The number of hydrogen-bond acceptors (Lipinski definition) is 4. The second kappa shape index (κ2) is 4.68. The highest BCUT2D eigenvalue weighted by molar-refractivity contribution is 7.84. The van der Waals surface area contributed by atoms with E-state index in [1.54, 1.807) is 12.3 Å². The summed E-state index contributed by atoms with van der Waals surface area (Å²) in [5.41, 5.74) is 0.713. The Morgan fingerprint density at radius 3 is 2.16 bits per heavy atom. The summed E-state index contributed by atoms with van der Waals surface area (Å²) < 4.78 is 23.5. The summed E-state index contributed by atoms with van der Waals surface area (Å²) in [6.45, 7) is 9.89. The third-order valence-corrected chi connectivity index (χ3v) is 4.67. The Labute approximate surface area is 117 Å². The lowest BCUT2D eigenvalue weighted by Gasteiger charge is -2.32. The predicted molar refractivity (Wildman–Crippen MR) is 77.0 cm³/mol. The Morgan fingerprint density at radius 1 is 1.16 bits per heavy atom. The number of pyridine rings is 1.